The molecular formula is C11H12ClNO4. The van der Waals surface area contributed by atoms with Crippen molar-refractivity contribution < 1.29 is 14.4 Å². The Bertz CT molecular complexity index is 461. The van der Waals surface area contributed by atoms with E-state index in [0.29, 0.717) is 17.1 Å². The average Bonchev–Trinajstić information content (AvgIpc) is 2.74. The standard InChI is InChI=1S/C11H12ClNO4/c1-11(2,13(14)15)10(12)7-3-4-8-9(5-7)17-6-16-8/h3-5,10H,6H2,1-2H3. The van der Waals surface area contributed by atoms with E-state index in [4.69, 9.17) is 21.1 Å². The Hall–Kier alpha value is -1.49. The van der Waals surface area contributed by atoms with Crippen molar-refractivity contribution in [3.63, 3.8) is 0 Å². The molecule has 0 spiro atoms. The Morgan fingerprint density at radius 2 is 2.06 bits per heavy atom. The minimum atomic E-state index is -1.24. The normalized spacial score (nSPS) is 15.7. The fraction of sp³-hybridized carbons (Fsp3) is 0.455. The van der Waals surface area contributed by atoms with Crippen molar-refractivity contribution >= 4 is 11.6 Å². The van der Waals surface area contributed by atoms with E-state index in [1.54, 1.807) is 18.2 Å². The molecule has 0 aromatic heterocycles. The molecule has 6 heteroatoms. The molecule has 1 aromatic carbocycles. The van der Waals surface area contributed by atoms with Crippen molar-refractivity contribution in [2.75, 3.05) is 6.79 Å². The van der Waals surface area contributed by atoms with Crippen LogP contribution in [0.25, 0.3) is 0 Å². The number of alkyl halides is 1. The molecule has 0 amide bonds. The van der Waals surface area contributed by atoms with E-state index in [2.05, 4.69) is 0 Å². The highest BCUT2D eigenvalue weighted by Crippen LogP contribution is 2.40. The number of nitrogens with zero attached hydrogens (tertiary/aromatic N) is 1. The molecule has 1 atom stereocenters. The van der Waals surface area contributed by atoms with Crippen molar-refractivity contribution in [3.05, 3.63) is 33.9 Å². The largest absolute Gasteiger partial charge is 0.454 e. The van der Waals surface area contributed by atoms with Gasteiger partial charge in [0.05, 0.1) is 0 Å². The number of hydrogen-bond donors (Lipinski definition) is 0. The lowest BCUT2D eigenvalue weighted by Crippen LogP contribution is -2.35. The molecule has 0 saturated carbocycles. The van der Waals surface area contributed by atoms with Crippen LogP contribution in [0.15, 0.2) is 18.2 Å². The Morgan fingerprint density at radius 3 is 2.71 bits per heavy atom. The minimum absolute atomic E-state index is 0.171. The number of rotatable bonds is 3. The van der Waals surface area contributed by atoms with Gasteiger partial charge in [0, 0.05) is 18.8 Å². The van der Waals surface area contributed by atoms with Gasteiger partial charge < -0.3 is 9.47 Å². The Kier molecular flexibility index (Phi) is 2.87. The zero-order valence-electron chi connectivity index (χ0n) is 9.47. The molecule has 0 bridgehead atoms. The van der Waals surface area contributed by atoms with Gasteiger partial charge in [0.2, 0.25) is 12.3 Å². The minimum Gasteiger partial charge on any atom is -0.454 e. The van der Waals surface area contributed by atoms with Gasteiger partial charge in [0.15, 0.2) is 11.5 Å². The van der Waals surface area contributed by atoms with Crippen molar-refractivity contribution in [2.24, 2.45) is 0 Å². The van der Waals surface area contributed by atoms with Crippen LogP contribution in [0.4, 0.5) is 0 Å². The van der Waals surface area contributed by atoms with E-state index in [9.17, 15) is 10.1 Å². The summed E-state index contributed by atoms with van der Waals surface area (Å²) in [5.41, 5.74) is -0.590. The number of ether oxygens (including phenoxy) is 2. The van der Waals surface area contributed by atoms with Crippen LogP contribution in [0.5, 0.6) is 11.5 Å². The highest BCUT2D eigenvalue weighted by atomic mass is 35.5. The molecule has 5 nitrogen and oxygen atoms in total. The molecule has 92 valence electrons. The van der Waals surface area contributed by atoms with Gasteiger partial charge in [0.1, 0.15) is 5.38 Å². The molecule has 0 aliphatic carbocycles. The lowest BCUT2D eigenvalue weighted by molar-refractivity contribution is -0.561. The first-order valence-electron chi connectivity index (χ1n) is 5.11. The molecular weight excluding hydrogens is 246 g/mol. The molecule has 0 radical (unpaired) electrons. The van der Waals surface area contributed by atoms with Crippen LogP contribution in [0.3, 0.4) is 0 Å². The van der Waals surface area contributed by atoms with Gasteiger partial charge in [-0.15, -0.1) is 11.6 Å². The van der Waals surface area contributed by atoms with Gasteiger partial charge in [0.25, 0.3) is 0 Å². The van der Waals surface area contributed by atoms with Crippen LogP contribution in [-0.2, 0) is 0 Å². The fourth-order valence-corrected chi connectivity index (χ4v) is 1.79. The second-order valence-corrected chi connectivity index (χ2v) is 4.82. The third kappa shape index (κ3) is 2.02. The van der Waals surface area contributed by atoms with Gasteiger partial charge in [-0.1, -0.05) is 6.07 Å². The van der Waals surface area contributed by atoms with Crippen LogP contribution in [0.2, 0.25) is 0 Å². The average molecular weight is 258 g/mol. The van der Waals surface area contributed by atoms with E-state index >= 15 is 0 Å². The van der Waals surface area contributed by atoms with Crippen LogP contribution in [0, 0.1) is 10.1 Å². The predicted molar refractivity (Wildman–Crippen MR) is 62.2 cm³/mol. The molecule has 0 N–H and O–H groups in total. The van der Waals surface area contributed by atoms with Crippen molar-refractivity contribution in [1.82, 2.24) is 0 Å². The summed E-state index contributed by atoms with van der Waals surface area (Å²) in [7, 11) is 0. The number of fused-ring (bicyclic) bond motifs is 1. The number of halogens is 1. The summed E-state index contributed by atoms with van der Waals surface area (Å²) in [6, 6.07) is 5.12. The SMILES string of the molecule is CC(C)(C(Cl)c1ccc2c(c1)OCO2)[N+](=O)[O-]. The van der Waals surface area contributed by atoms with E-state index < -0.39 is 10.9 Å². The fourth-order valence-electron chi connectivity index (χ4n) is 1.57. The summed E-state index contributed by atoms with van der Waals surface area (Å²) in [6.45, 7) is 3.16. The summed E-state index contributed by atoms with van der Waals surface area (Å²) in [5, 5.41) is 10.2. The third-order valence-corrected chi connectivity index (χ3v) is 3.57. The molecule has 0 fully saturated rings. The first-order valence-corrected chi connectivity index (χ1v) is 5.54. The molecule has 1 unspecified atom stereocenters. The predicted octanol–water partition coefficient (Wildman–Crippen LogP) is 2.75. The number of nitro groups is 1. The topological polar surface area (TPSA) is 61.6 Å². The maximum absolute atomic E-state index is 10.9. The summed E-state index contributed by atoms with van der Waals surface area (Å²) in [6.07, 6.45) is 0. The van der Waals surface area contributed by atoms with Gasteiger partial charge in [-0.3, -0.25) is 10.1 Å². The smallest absolute Gasteiger partial charge is 0.236 e. The van der Waals surface area contributed by atoms with Crippen molar-refractivity contribution in [2.45, 2.75) is 24.8 Å². The summed E-state index contributed by atoms with van der Waals surface area (Å²) < 4.78 is 10.4. The highest BCUT2D eigenvalue weighted by Gasteiger charge is 2.41. The highest BCUT2D eigenvalue weighted by molar-refractivity contribution is 6.21. The van der Waals surface area contributed by atoms with E-state index in [-0.39, 0.29) is 11.7 Å². The maximum Gasteiger partial charge on any atom is 0.236 e. The van der Waals surface area contributed by atoms with Crippen molar-refractivity contribution in [3.8, 4) is 11.5 Å². The zero-order chi connectivity index (χ0) is 12.6. The monoisotopic (exact) mass is 257 g/mol. The van der Waals surface area contributed by atoms with E-state index in [1.165, 1.54) is 13.8 Å². The first-order chi connectivity index (χ1) is 7.93. The zero-order valence-corrected chi connectivity index (χ0v) is 10.2. The second-order valence-electron chi connectivity index (χ2n) is 4.39. The lowest BCUT2D eigenvalue weighted by atomic mass is 9.95. The van der Waals surface area contributed by atoms with Gasteiger partial charge >= 0.3 is 0 Å². The van der Waals surface area contributed by atoms with Crippen molar-refractivity contribution in [1.29, 1.82) is 0 Å². The second kappa shape index (κ2) is 4.07. The molecule has 1 heterocycles. The lowest BCUT2D eigenvalue weighted by Gasteiger charge is -2.21. The molecule has 2 rings (SSSR count). The quantitative estimate of drug-likeness (QED) is 0.475. The molecule has 1 aliphatic rings. The Balaban J connectivity index is 2.32. The van der Waals surface area contributed by atoms with Crippen LogP contribution in [0.1, 0.15) is 24.8 Å². The Labute approximate surface area is 103 Å². The molecule has 0 saturated heterocycles. The summed E-state index contributed by atoms with van der Waals surface area (Å²) in [4.78, 5) is 10.6. The molecule has 1 aliphatic heterocycles. The third-order valence-electron chi connectivity index (χ3n) is 2.78. The van der Waals surface area contributed by atoms with Crippen LogP contribution < -0.4 is 9.47 Å². The van der Waals surface area contributed by atoms with Gasteiger partial charge in [-0.25, -0.2) is 0 Å². The summed E-state index contributed by atoms with van der Waals surface area (Å²) >= 11 is 6.16. The first kappa shape index (κ1) is 12.0. The van der Waals surface area contributed by atoms with Crippen LogP contribution in [-0.4, -0.2) is 17.3 Å². The summed E-state index contributed by atoms with van der Waals surface area (Å²) in [5.74, 6) is 1.21. The van der Waals surface area contributed by atoms with E-state index in [1.807, 2.05) is 0 Å². The van der Waals surface area contributed by atoms with Gasteiger partial charge in [-0.05, 0) is 17.7 Å². The number of hydrogen-bond acceptors (Lipinski definition) is 4. The maximum atomic E-state index is 10.9. The van der Waals surface area contributed by atoms with E-state index in [0.717, 1.165) is 0 Å². The number of benzene rings is 1. The molecule has 17 heavy (non-hydrogen) atoms. The van der Waals surface area contributed by atoms with Crippen LogP contribution >= 0.6 is 11.6 Å². The Morgan fingerprint density at radius 1 is 1.41 bits per heavy atom. The van der Waals surface area contributed by atoms with Gasteiger partial charge in [-0.2, -0.15) is 0 Å². The molecule has 1 aromatic rings.